The normalized spacial score (nSPS) is 22.4. The molecule has 3 rings (SSSR count). The first-order valence-corrected chi connectivity index (χ1v) is 6.84. The molecule has 20 heavy (non-hydrogen) atoms. The Morgan fingerprint density at radius 3 is 3.00 bits per heavy atom. The molecule has 2 aromatic heterocycles. The number of pyridine rings is 1. The molecule has 2 atom stereocenters. The lowest BCUT2D eigenvalue weighted by molar-refractivity contribution is 0.116. The Balaban J connectivity index is 1.83. The maximum Gasteiger partial charge on any atom is 0.244 e. The first-order valence-electron chi connectivity index (χ1n) is 6.08. The molecule has 0 saturated carbocycles. The van der Waals surface area contributed by atoms with E-state index in [4.69, 9.17) is 32.5 Å². The number of rotatable bonds is 3. The molecule has 2 aromatic rings. The number of hydrogen-bond donors (Lipinski definition) is 1. The number of nitrogens with zero attached hydrogens (tertiary/aromatic N) is 3. The van der Waals surface area contributed by atoms with Crippen molar-refractivity contribution in [3.05, 3.63) is 28.2 Å². The summed E-state index contributed by atoms with van der Waals surface area (Å²) in [5, 5.41) is 8.03. The van der Waals surface area contributed by atoms with Crippen LogP contribution in [0.3, 0.4) is 0 Å². The fourth-order valence-electron chi connectivity index (χ4n) is 2.12. The predicted molar refractivity (Wildman–Crippen MR) is 73.7 cm³/mol. The number of ether oxygens (including phenoxy) is 1. The van der Waals surface area contributed by atoms with Gasteiger partial charge in [0.1, 0.15) is 5.69 Å². The molecule has 0 bridgehead atoms. The molecule has 1 fully saturated rings. The van der Waals surface area contributed by atoms with Crippen molar-refractivity contribution in [2.75, 3.05) is 13.7 Å². The highest BCUT2D eigenvalue weighted by Crippen LogP contribution is 2.28. The molecule has 0 amide bonds. The molecule has 0 spiro atoms. The van der Waals surface area contributed by atoms with Crippen molar-refractivity contribution in [3.8, 4) is 11.5 Å². The van der Waals surface area contributed by atoms with E-state index < -0.39 is 0 Å². The highest BCUT2D eigenvalue weighted by atomic mass is 35.5. The Morgan fingerprint density at radius 1 is 1.45 bits per heavy atom. The van der Waals surface area contributed by atoms with Crippen LogP contribution in [0, 0.1) is 0 Å². The molecule has 1 aliphatic heterocycles. The van der Waals surface area contributed by atoms with Gasteiger partial charge in [0.15, 0.2) is 0 Å². The highest BCUT2D eigenvalue weighted by molar-refractivity contribution is 6.35. The third-order valence-corrected chi connectivity index (χ3v) is 3.68. The van der Waals surface area contributed by atoms with Gasteiger partial charge in [-0.25, -0.2) is 4.98 Å². The van der Waals surface area contributed by atoms with E-state index in [2.05, 4.69) is 20.4 Å². The molecule has 1 aliphatic rings. The summed E-state index contributed by atoms with van der Waals surface area (Å²) in [5.41, 5.74) is 0.451. The predicted octanol–water partition coefficient (Wildman–Crippen LogP) is 2.49. The van der Waals surface area contributed by atoms with Crippen LogP contribution in [-0.2, 0) is 4.74 Å². The maximum atomic E-state index is 6.07. The SMILES string of the molecule is CO[C@@H]1CN[C@@H](c2nc(-c3ncc(Cl)cc3Cl)no2)C1. The van der Waals surface area contributed by atoms with Gasteiger partial charge in [-0.3, -0.25) is 0 Å². The van der Waals surface area contributed by atoms with E-state index in [0.29, 0.717) is 27.5 Å². The standard InChI is InChI=1S/C12H12Cl2N4O2/c1-19-7-3-9(15-5-7)12-17-11(18-20-12)10-8(14)2-6(13)4-16-10/h2,4,7,9,15H,3,5H2,1H3/t7-,9+/m0/s1. The van der Waals surface area contributed by atoms with Crippen molar-refractivity contribution in [1.29, 1.82) is 0 Å². The zero-order chi connectivity index (χ0) is 14.1. The highest BCUT2D eigenvalue weighted by Gasteiger charge is 2.29. The van der Waals surface area contributed by atoms with E-state index in [-0.39, 0.29) is 12.1 Å². The van der Waals surface area contributed by atoms with Gasteiger partial charge in [0.05, 0.1) is 22.2 Å². The molecule has 8 heteroatoms. The van der Waals surface area contributed by atoms with Crippen LogP contribution < -0.4 is 5.32 Å². The fourth-order valence-corrected chi connectivity index (χ4v) is 2.59. The van der Waals surface area contributed by atoms with Crippen LogP contribution >= 0.6 is 23.2 Å². The molecule has 3 heterocycles. The van der Waals surface area contributed by atoms with Gasteiger partial charge in [0.2, 0.25) is 11.7 Å². The van der Waals surface area contributed by atoms with Crippen molar-refractivity contribution in [2.24, 2.45) is 0 Å². The lowest BCUT2D eigenvalue weighted by atomic mass is 10.2. The fraction of sp³-hybridized carbons (Fsp3) is 0.417. The number of methoxy groups -OCH3 is 1. The second-order valence-corrected chi connectivity index (χ2v) is 5.34. The van der Waals surface area contributed by atoms with Crippen LogP contribution in [0.25, 0.3) is 11.5 Å². The summed E-state index contributed by atoms with van der Waals surface area (Å²) in [6, 6.07) is 1.59. The van der Waals surface area contributed by atoms with Gasteiger partial charge >= 0.3 is 0 Å². The first kappa shape index (κ1) is 13.8. The van der Waals surface area contributed by atoms with E-state index >= 15 is 0 Å². The van der Waals surface area contributed by atoms with Crippen LogP contribution in [0.15, 0.2) is 16.8 Å². The lowest BCUT2D eigenvalue weighted by Crippen LogP contribution is -2.16. The van der Waals surface area contributed by atoms with E-state index in [0.717, 1.165) is 13.0 Å². The number of hydrogen-bond acceptors (Lipinski definition) is 6. The zero-order valence-corrected chi connectivity index (χ0v) is 12.1. The number of aromatic nitrogens is 3. The Morgan fingerprint density at radius 2 is 2.30 bits per heavy atom. The van der Waals surface area contributed by atoms with Gasteiger partial charge in [0.25, 0.3) is 0 Å². The number of halogens is 2. The largest absolute Gasteiger partial charge is 0.380 e. The van der Waals surface area contributed by atoms with Gasteiger partial charge in [-0.2, -0.15) is 4.98 Å². The summed E-state index contributed by atoms with van der Waals surface area (Å²) in [7, 11) is 1.69. The monoisotopic (exact) mass is 314 g/mol. The summed E-state index contributed by atoms with van der Waals surface area (Å²) in [4.78, 5) is 8.46. The molecule has 1 N–H and O–H groups in total. The maximum absolute atomic E-state index is 6.07. The molecule has 1 saturated heterocycles. The number of nitrogens with one attached hydrogen (secondary N) is 1. The second-order valence-electron chi connectivity index (χ2n) is 4.49. The minimum Gasteiger partial charge on any atom is -0.380 e. The summed E-state index contributed by atoms with van der Waals surface area (Å²) in [6.07, 6.45) is 2.45. The van der Waals surface area contributed by atoms with Crippen LogP contribution in [-0.4, -0.2) is 34.9 Å². The van der Waals surface area contributed by atoms with Gasteiger partial charge in [-0.05, 0) is 12.5 Å². The van der Waals surface area contributed by atoms with Crippen molar-refractivity contribution in [1.82, 2.24) is 20.4 Å². The van der Waals surface area contributed by atoms with Gasteiger partial charge in [0, 0.05) is 19.9 Å². The topological polar surface area (TPSA) is 73.1 Å². The molecule has 0 aliphatic carbocycles. The summed E-state index contributed by atoms with van der Waals surface area (Å²) in [6.45, 7) is 0.763. The van der Waals surface area contributed by atoms with Crippen molar-refractivity contribution in [2.45, 2.75) is 18.6 Å². The quantitative estimate of drug-likeness (QED) is 0.938. The third-order valence-electron chi connectivity index (χ3n) is 3.18. The third kappa shape index (κ3) is 2.64. The minimum atomic E-state index is -0.00715. The summed E-state index contributed by atoms with van der Waals surface area (Å²) >= 11 is 11.9. The van der Waals surface area contributed by atoms with Gasteiger partial charge < -0.3 is 14.6 Å². The van der Waals surface area contributed by atoms with Crippen LogP contribution in [0.2, 0.25) is 10.0 Å². The van der Waals surface area contributed by atoms with Crippen molar-refractivity contribution < 1.29 is 9.26 Å². The average molecular weight is 315 g/mol. The first-order chi connectivity index (χ1) is 9.67. The van der Waals surface area contributed by atoms with E-state index in [9.17, 15) is 0 Å². The summed E-state index contributed by atoms with van der Waals surface area (Å²) in [5.74, 6) is 0.858. The Hall–Kier alpha value is -1.21. The van der Waals surface area contributed by atoms with Crippen LogP contribution in [0.4, 0.5) is 0 Å². The van der Waals surface area contributed by atoms with Gasteiger partial charge in [-0.15, -0.1) is 0 Å². The zero-order valence-electron chi connectivity index (χ0n) is 10.6. The van der Waals surface area contributed by atoms with E-state index in [1.54, 1.807) is 13.2 Å². The van der Waals surface area contributed by atoms with Crippen molar-refractivity contribution >= 4 is 23.2 Å². The van der Waals surface area contributed by atoms with E-state index in [1.807, 2.05) is 0 Å². The Bertz CT molecular complexity index is 619. The van der Waals surface area contributed by atoms with E-state index in [1.165, 1.54) is 6.20 Å². The molecular formula is C12H12Cl2N4O2. The smallest absolute Gasteiger partial charge is 0.244 e. The lowest BCUT2D eigenvalue weighted by Gasteiger charge is -2.04. The van der Waals surface area contributed by atoms with Gasteiger partial charge in [-0.1, -0.05) is 28.4 Å². The molecule has 0 radical (unpaired) electrons. The molecule has 6 nitrogen and oxygen atoms in total. The molecule has 106 valence electrons. The Labute approximate surface area is 125 Å². The van der Waals surface area contributed by atoms with Crippen molar-refractivity contribution in [3.63, 3.8) is 0 Å². The molecular weight excluding hydrogens is 303 g/mol. The van der Waals surface area contributed by atoms with Crippen LogP contribution in [0.5, 0.6) is 0 Å². The average Bonchev–Trinajstić information content (AvgIpc) is 3.07. The molecule has 0 aromatic carbocycles. The second kappa shape index (κ2) is 5.65. The summed E-state index contributed by atoms with van der Waals surface area (Å²) < 4.78 is 10.6. The Kier molecular flexibility index (Phi) is 3.89. The minimum absolute atomic E-state index is 0.00715. The van der Waals surface area contributed by atoms with Crippen LogP contribution in [0.1, 0.15) is 18.4 Å². The molecule has 0 unspecified atom stereocenters.